The van der Waals surface area contributed by atoms with E-state index < -0.39 is 6.04 Å². The average Bonchev–Trinajstić information content (AvgIpc) is 2.77. The number of aryl methyl sites for hydroxylation is 1. The molecule has 2 N–H and O–H groups in total. The van der Waals surface area contributed by atoms with Crippen LogP contribution < -0.4 is 15.4 Å². The Kier molecular flexibility index (Phi) is 7.38. The van der Waals surface area contributed by atoms with Crippen molar-refractivity contribution >= 4 is 17.5 Å². The minimum absolute atomic E-state index is 0.0839. The first-order chi connectivity index (χ1) is 14.9. The van der Waals surface area contributed by atoms with Gasteiger partial charge in [-0.3, -0.25) is 14.6 Å². The van der Waals surface area contributed by atoms with Crippen LogP contribution in [0.4, 0.5) is 5.69 Å². The predicted octanol–water partition coefficient (Wildman–Crippen LogP) is 4.36. The second-order valence-corrected chi connectivity index (χ2v) is 7.73. The first-order valence-electron chi connectivity index (χ1n) is 10.2. The zero-order valence-electron chi connectivity index (χ0n) is 18.0. The van der Waals surface area contributed by atoms with Gasteiger partial charge in [-0.05, 0) is 43.2 Å². The lowest BCUT2D eigenvalue weighted by atomic mass is 10.0. The van der Waals surface area contributed by atoms with E-state index in [0.717, 1.165) is 11.1 Å². The summed E-state index contributed by atoms with van der Waals surface area (Å²) >= 11 is 0. The van der Waals surface area contributed by atoms with Crippen molar-refractivity contribution in [1.29, 1.82) is 0 Å². The molecule has 0 saturated carbocycles. The Labute approximate surface area is 182 Å². The lowest BCUT2D eigenvalue weighted by Gasteiger charge is -2.22. The molecule has 0 fully saturated rings. The van der Waals surface area contributed by atoms with Crippen molar-refractivity contribution in [1.82, 2.24) is 10.3 Å². The molecule has 0 aliphatic carbocycles. The third kappa shape index (κ3) is 6.40. The Hall–Kier alpha value is -3.67. The molecule has 2 aromatic carbocycles. The Morgan fingerprint density at radius 1 is 1.03 bits per heavy atom. The van der Waals surface area contributed by atoms with Crippen LogP contribution in [0.3, 0.4) is 0 Å². The van der Waals surface area contributed by atoms with Gasteiger partial charge >= 0.3 is 0 Å². The van der Waals surface area contributed by atoms with Crippen molar-refractivity contribution < 1.29 is 14.3 Å². The summed E-state index contributed by atoms with van der Waals surface area (Å²) in [6.45, 7) is 6.13. The molecule has 1 aromatic heterocycles. The minimum atomic E-state index is -0.672. The van der Waals surface area contributed by atoms with E-state index in [1.807, 2.05) is 57.2 Å². The number of pyridine rings is 1. The minimum Gasteiger partial charge on any atom is -0.489 e. The fraction of sp³-hybridized carbons (Fsp3) is 0.240. The third-order valence-electron chi connectivity index (χ3n) is 4.78. The van der Waals surface area contributed by atoms with Gasteiger partial charge < -0.3 is 15.4 Å². The molecule has 0 radical (unpaired) electrons. The first kappa shape index (κ1) is 22.0. The summed E-state index contributed by atoms with van der Waals surface area (Å²) in [5.41, 5.74) is 3.15. The van der Waals surface area contributed by atoms with E-state index in [1.54, 1.807) is 36.7 Å². The summed E-state index contributed by atoms with van der Waals surface area (Å²) in [6, 6.07) is 17.5. The zero-order chi connectivity index (χ0) is 22.2. The maximum Gasteiger partial charge on any atom is 0.251 e. The Morgan fingerprint density at radius 3 is 2.48 bits per heavy atom. The van der Waals surface area contributed by atoms with E-state index in [-0.39, 0.29) is 17.7 Å². The van der Waals surface area contributed by atoms with Crippen molar-refractivity contribution in [3.8, 4) is 5.75 Å². The van der Waals surface area contributed by atoms with Crippen LogP contribution in [0.5, 0.6) is 5.75 Å². The molecule has 0 aliphatic rings. The molecule has 0 spiro atoms. The van der Waals surface area contributed by atoms with Gasteiger partial charge in [-0.2, -0.15) is 0 Å². The van der Waals surface area contributed by atoms with Crippen LogP contribution in [0.15, 0.2) is 73.1 Å². The normalized spacial score (nSPS) is 11.6. The van der Waals surface area contributed by atoms with Crippen molar-refractivity contribution in [2.24, 2.45) is 5.92 Å². The van der Waals surface area contributed by atoms with Gasteiger partial charge in [0.25, 0.3) is 5.91 Å². The maximum absolute atomic E-state index is 12.9. The number of carbonyl (C=O) groups is 2. The molecule has 3 aromatic rings. The molecule has 6 heteroatoms. The molecule has 2 amide bonds. The van der Waals surface area contributed by atoms with E-state index in [1.165, 1.54) is 0 Å². The SMILES string of the molecule is Cc1ccc(C(=O)NC(C(=O)Nc2cccc(OCc3cccnc3)c2)C(C)C)cc1. The fourth-order valence-electron chi connectivity index (χ4n) is 3.00. The Balaban J connectivity index is 1.63. The highest BCUT2D eigenvalue weighted by Crippen LogP contribution is 2.19. The zero-order valence-corrected chi connectivity index (χ0v) is 18.0. The van der Waals surface area contributed by atoms with Gasteiger partial charge in [-0.1, -0.05) is 43.7 Å². The fourth-order valence-corrected chi connectivity index (χ4v) is 3.00. The van der Waals surface area contributed by atoms with E-state index in [2.05, 4.69) is 15.6 Å². The number of hydrogen-bond acceptors (Lipinski definition) is 4. The standard InChI is InChI=1S/C25H27N3O3/c1-17(2)23(28-24(29)20-11-9-18(3)10-12-20)25(30)27-21-7-4-8-22(14-21)31-16-19-6-5-13-26-15-19/h4-15,17,23H,16H2,1-3H3,(H,27,30)(H,28,29). The molecule has 160 valence electrons. The van der Waals surface area contributed by atoms with Crippen LogP contribution in [-0.2, 0) is 11.4 Å². The molecule has 1 heterocycles. The van der Waals surface area contributed by atoms with Gasteiger partial charge in [-0.25, -0.2) is 0 Å². The van der Waals surface area contributed by atoms with E-state index in [9.17, 15) is 9.59 Å². The summed E-state index contributed by atoms with van der Waals surface area (Å²) in [7, 11) is 0. The number of benzene rings is 2. The van der Waals surface area contributed by atoms with Gasteiger partial charge in [0.1, 0.15) is 18.4 Å². The average molecular weight is 418 g/mol. The molecular weight excluding hydrogens is 390 g/mol. The molecule has 6 nitrogen and oxygen atoms in total. The summed E-state index contributed by atoms with van der Waals surface area (Å²) in [4.78, 5) is 29.5. The van der Waals surface area contributed by atoms with Crippen molar-refractivity contribution in [2.75, 3.05) is 5.32 Å². The van der Waals surface area contributed by atoms with Gasteiger partial charge in [0, 0.05) is 35.3 Å². The third-order valence-corrected chi connectivity index (χ3v) is 4.78. The monoisotopic (exact) mass is 417 g/mol. The second kappa shape index (κ2) is 10.4. The predicted molar refractivity (Wildman–Crippen MR) is 121 cm³/mol. The van der Waals surface area contributed by atoms with Crippen LogP contribution in [0, 0.1) is 12.8 Å². The second-order valence-electron chi connectivity index (χ2n) is 7.73. The van der Waals surface area contributed by atoms with Crippen LogP contribution in [0.2, 0.25) is 0 Å². The highest BCUT2D eigenvalue weighted by atomic mass is 16.5. The number of amides is 2. The van der Waals surface area contributed by atoms with Crippen LogP contribution in [0.25, 0.3) is 0 Å². The number of rotatable bonds is 8. The Morgan fingerprint density at radius 2 is 1.81 bits per heavy atom. The Bertz CT molecular complexity index is 1020. The molecule has 31 heavy (non-hydrogen) atoms. The summed E-state index contributed by atoms with van der Waals surface area (Å²) in [5, 5.41) is 5.73. The van der Waals surface area contributed by atoms with E-state index >= 15 is 0 Å². The first-order valence-corrected chi connectivity index (χ1v) is 10.2. The summed E-state index contributed by atoms with van der Waals surface area (Å²) < 4.78 is 5.79. The largest absolute Gasteiger partial charge is 0.489 e. The van der Waals surface area contributed by atoms with Gasteiger partial charge in [-0.15, -0.1) is 0 Å². The molecule has 1 atom stereocenters. The molecule has 1 unspecified atom stereocenters. The van der Waals surface area contributed by atoms with Crippen LogP contribution in [0.1, 0.15) is 35.3 Å². The lowest BCUT2D eigenvalue weighted by Crippen LogP contribution is -2.47. The molecule has 0 saturated heterocycles. The van der Waals surface area contributed by atoms with Crippen molar-refractivity contribution in [3.63, 3.8) is 0 Å². The van der Waals surface area contributed by atoms with Crippen molar-refractivity contribution in [3.05, 3.63) is 89.7 Å². The van der Waals surface area contributed by atoms with Crippen LogP contribution in [-0.4, -0.2) is 22.8 Å². The van der Waals surface area contributed by atoms with Crippen LogP contribution >= 0.6 is 0 Å². The highest BCUT2D eigenvalue weighted by molar-refractivity contribution is 6.01. The number of aromatic nitrogens is 1. The number of nitrogens with one attached hydrogen (secondary N) is 2. The lowest BCUT2D eigenvalue weighted by molar-refractivity contribution is -0.118. The van der Waals surface area contributed by atoms with Gasteiger partial charge in [0.05, 0.1) is 0 Å². The smallest absolute Gasteiger partial charge is 0.251 e. The van der Waals surface area contributed by atoms with E-state index in [0.29, 0.717) is 23.6 Å². The number of anilines is 1. The summed E-state index contributed by atoms with van der Waals surface area (Å²) in [6.07, 6.45) is 3.46. The maximum atomic E-state index is 12.9. The number of ether oxygens (including phenoxy) is 1. The summed E-state index contributed by atoms with van der Waals surface area (Å²) in [5.74, 6) is -0.00636. The molecule has 0 bridgehead atoms. The topological polar surface area (TPSA) is 80.3 Å². The quantitative estimate of drug-likeness (QED) is 0.571. The number of nitrogens with zero attached hydrogens (tertiary/aromatic N) is 1. The molecule has 0 aliphatic heterocycles. The molecule has 3 rings (SSSR count). The van der Waals surface area contributed by atoms with E-state index in [4.69, 9.17) is 4.74 Å². The van der Waals surface area contributed by atoms with Gasteiger partial charge in [0.15, 0.2) is 0 Å². The number of hydrogen-bond donors (Lipinski definition) is 2. The number of carbonyl (C=O) groups excluding carboxylic acids is 2. The molecular formula is C25H27N3O3. The highest BCUT2D eigenvalue weighted by Gasteiger charge is 2.25. The van der Waals surface area contributed by atoms with Gasteiger partial charge in [0.2, 0.25) is 5.91 Å². The van der Waals surface area contributed by atoms with Crippen molar-refractivity contribution in [2.45, 2.75) is 33.4 Å².